The average Bonchev–Trinajstić information content (AvgIpc) is 2.85. The first-order chi connectivity index (χ1) is 16.5. The van der Waals surface area contributed by atoms with Crippen molar-refractivity contribution >= 4 is 5.97 Å². The molecule has 5 nitrogen and oxygen atoms in total. The Labute approximate surface area is 204 Å². The van der Waals surface area contributed by atoms with Crippen LogP contribution in [-0.2, 0) is 14.2 Å². The molecule has 0 spiro atoms. The van der Waals surface area contributed by atoms with Crippen molar-refractivity contribution in [2.75, 3.05) is 39.6 Å². The van der Waals surface area contributed by atoms with Crippen LogP contribution in [-0.4, -0.2) is 45.6 Å². The fourth-order valence-electron chi connectivity index (χ4n) is 3.66. The van der Waals surface area contributed by atoms with Crippen LogP contribution in [0.3, 0.4) is 0 Å². The lowest BCUT2D eigenvalue weighted by molar-refractivity contribution is -0.137. The number of benzene rings is 2. The van der Waals surface area contributed by atoms with Crippen molar-refractivity contribution < 1.29 is 23.7 Å². The van der Waals surface area contributed by atoms with E-state index < -0.39 is 0 Å². The van der Waals surface area contributed by atoms with Crippen LogP contribution >= 0.6 is 0 Å². The van der Waals surface area contributed by atoms with Gasteiger partial charge in [0.1, 0.15) is 5.75 Å². The highest BCUT2D eigenvalue weighted by molar-refractivity contribution is 5.90. The predicted octanol–water partition coefficient (Wildman–Crippen LogP) is 6.55. The van der Waals surface area contributed by atoms with E-state index in [2.05, 4.69) is 32.9 Å². The van der Waals surface area contributed by atoms with Gasteiger partial charge in [0.15, 0.2) is 0 Å². The number of carbonyl (C=O) groups is 1. The van der Waals surface area contributed by atoms with Gasteiger partial charge in [0.25, 0.3) is 0 Å². The van der Waals surface area contributed by atoms with Crippen LogP contribution in [0.25, 0.3) is 11.1 Å². The zero-order valence-corrected chi connectivity index (χ0v) is 21.0. The molecule has 2 aromatic rings. The van der Waals surface area contributed by atoms with Gasteiger partial charge in [-0.25, -0.2) is 4.79 Å². The summed E-state index contributed by atoms with van der Waals surface area (Å²) in [4.78, 5) is 12.2. The molecule has 0 unspecified atom stereocenters. The Balaban J connectivity index is 1.30. The summed E-state index contributed by atoms with van der Waals surface area (Å²) in [5.41, 5.74) is 2.98. The summed E-state index contributed by atoms with van der Waals surface area (Å²) >= 11 is 0. The maximum atomic E-state index is 12.2. The summed E-state index contributed by atoms with van der Waals surface area (Å²) < 4.78 is 22.3. The van der Waals surface area contributed by atoms with E-state index in [1.807, 2.05) is 36.4 Å². The number of hydrogen-bond donors (Lipinski definition) is 0. The van der Waals surface area contributed by atoms with Crippen LogP contribution in [0.1, 0.15) is 63.2 Å². The van der Waals surface area contributed by atoms with Crippen molar-refractivity contribution in [3.05, 3.63) is 54.1 Å². The Morgan fingerprint density at radius 3 is 2.15 bits per heavy atom. The third kappa shape index (κ3) is 8.44. The largest absolute Gasteiger partial charge is 0.494 e. The summed E-state index contributed by atoms with van der Waals surface area (Å²) in [6.45, 7) is 10.9. The van der Waals surface area contributed by atoms with Gasteiger partial charge in [0, 0.05) is 12.0 Å². The van der Waals surface area contributed by atoms with Crippen LogP contribution in [0.15, 0.2) is 48.5 Å². The van der Waals surface area contributed by atoms with Crippen LogP contribution in [0, 0.1) is 11.3 Å². The van der Waals surface area contributed by atoms with E-state index in [1.54, 1.807) is 0 Å². The maximum Gasteiger partial charge on any atom is 0.338 e. The van der Waals surface area contributed by atoms with Crippen molar-refractivity contribution in [3.63, 3.8) is 0 Å². The van der Waals surface area contributed by atoms with Gasteiger partial charge in [-0.1, -0.05) is 57.9 Å². The molecule has 1 fully saturated rings. The first-order valence-corrected chi connectivity index (χ1v) is 12.6. The molecular formula is C29H40O5. The molecular weight excluding hydrogens is 428 g/mol. The number of rotatable bonds is 15. The fraction of sp³-hybridized carbons (Fsp3) is 0.552. The van der Waals surface area contributed by atoms with Crippen molar-refractivity contribution in [2.24, 2.45) is 11.3 Å². The Hall–Kier alpha value is -2.37. The topological polar surface area (TPSA) is 54.0 Å². The highest BCUT2D eigenvalue weighted by Gasteiger charge is 2.33. The third-order valence-corrected chi connectivity index (χ3v) is 6.31. The molecule has 3 rings (SSSR count). The summed E-state index contributed by atoms with van der Waals surface area (Å²) in [7, 11) is 0. The first kappa shape index (κ1) is 26.2. The molecule has 0 aromatic heterocycles. The fourth-order valence-corrected chi connectivity index (χ4v) is 3.66. The van der Waals surface area contributed by atoms with Gasteiger partial charge in [-0.05, 0) is 60.6 Å². The molecule has 1 heterocycles. The van der Waals surface area contributed by atoms with Crippen LogP contribution in [0.4, 0.5) is 0 Å². The summed E-state index contributed by atoms with van der Waals surface area (Å²) in [5.74, 6) is 0.999. The zero-order valence-electron chi connectivity index (χ0n) is 21.0. The minimum Gasteiger partial charge on any atom is -0.494 e. The SMILES string of the molecule is CC[C@@H](C)COC(=O)c1ccc(-c2ccc(OCCCCCCOCC3(C)COC3)cc2)cc1. The van der Waals surface area contributed by atoms with E-state index in [1.165, 1.54) is 0 Å². The molecule has 0 aliphatic carbocycles. The van der Waals surface area contributed by atoms with E-state index in [4.69, 9.17) is 18.9 Å². The Morgan fingerprint density at radius 2 is 1.56 bits per heavy atom. The summed E-state index contributed by atoms with van der Waals surface area (Å²) in [6.07, 6.45) is 5.45. The Kier molecular flexibility index (Phi) is 10.4. The third-order valence-electron chi connectivity index (χ3n) is 6.31. The summed E-state index contributed by atoms with van der Waals surface area (Å²) in [5, 5.41) is 0. The molecule has 1 aliphatic heterocycles. The van der Waals surface area contributed by atoms with Crippen molar-refractivity contribution in [3.8, 4) is 16.9 Å². The smallest absolute Gasteiger partial charge is 0.338 e. The highest BCUT2D eigenvalue weighted by atomic mass is 16.5. The normalized spacial score (nSPS) is 15.4. The second-order valence-electron chi connectivity index (χ2n) is 9.83. The molecule has 0 N–H and O–H groups in total. The van der Waals surface area contributed by atoms with Gasteiger partial charge < -0.3 is 18.9 Å². The monoisotopic (exact) mass is 468 g/mol. The lowest BCUT2D eigenvalue weighted by Gasteiger charge is -2.37. The van der Waals surface area contributed by atoms with Crippen LogP contribution in [0.2, 0.25) is 0 Å². The zero-order chi connectivity index (χ0) is 24.2. The molecule has 5 heteroatoms. The van der Waals surface area contributed by atoms with Gasteiger partial charge >= 0.3 is 5.97 Å². The molecule has 0 saturated carbocycles. The maximum absolute atomic E-state index is 12.2. The highest BCUT2D eigenvalue weighted by Crippen LogP contribution is 2.26. The van der Waals surface area contributed by atoms with Gasteiger partial charge in [-0.15, -0.1) is 0 Å². The quantitative estimate of drug-likeness (QED) is 0.219. The van der Waals surface area contributed by atoms with Gasteiger partial charge in [0.2, 0.25) is 0 Å². The molecule has 1 aliphatic rings. The molecule has 186 valence electrons. The molecule has 34 heavy (non-hydrogen) atoms. The summed E-state index contributed by atoms with van der Waals surface area (Å²) in [6, 6.07) is 15.7. The van der Waals surface area contributed by atoms with Gasteiger partial charge in [0.05, 0.1) is 38.6 Å². The molecule has 0 bridgehead atoms. The van der Waals surface area contributed by atoms with Gasteiger partial charge in [-0.2, -0.15) is 0 Å². The van der Waals surface area contributed by atoms with E-state index in [0.717, 1.165) is 82.0 Å². The van der Waals surface area contributed by atoms with Crippen molar-refractivity contribution in [1.82, 2.24) is 0 Å². The van der Waals surface area contributed by atoms with Gasteiger partial charge in [-0.3, -0.25) is 0 Å². The lowest BCUT2D eigenvalue weighted by atomic mass is 9.90. The van der Waals surface area contributed by atoms with E-state index in [0.29, 0.717) is 18.1 Å². The lowest BCUT2D eigenvalue weighted by Crippen LogP contribution is -2.43. The molecule has 0 amide bonds. The minimum absolute atomic E-state index is 0.244. The standard InChI is InChI=1S/C29H40O5/c1-4-23(2)19-34-28(30)26-11-9-24(10-12-26)25-13-15-27(16-14-25)33-18-8-6-5-7-17-31-20-29(3)21-32-22-29/h9-16,23H,4-8,17-22H2,1-3H3/t23-/m1/s1. The minimum atomic E-state index is -0.263. The van der Waals surface area contributed by atoms with Crippen molar-refractivity contribution in [2.45, 2.75) is 52.9 Å². The average molecular weight is 469 g/mol. The number of ether oxygens (including phenoxy) is 4. The first-order valence-electron chi connectivity index (χ1n) is 12.6. The second-order valence-corrected chi connectivity index (χ2v) is 9.83. The van der Waals surface area contributed by atoms with Crippen molar-refractivity contribution in [1.29, 1.82) is 0 Å². The van der Waals surface area contributed by atoms with Crippen LogP contribution < -0.4 is 4.74 Å². The number of unbranched alkanes of at least 4 members (excludes halogenated alkanes) is 3. The molecule has 2 aromatic carbocycles. The number of esters is 1. The van der Waals surface area contributed by atoms with Crippen LogP contribution in [0.5, 0.6) is 5.75 Å². The number of hydrogen-bond acceptors (Lipinski definition) is 5. The molecule has 1 saturated heterocycles. The predicted molar refractivity (Wildman–Crippen MR) is 135 cm³/mol. The Morgan fingerprint density at radius 1 is 0.941 bits per heavy atom. The van der Waals surface area contributed by atoms with E-state index in [9.17, 15) is 4.79 Å². The van der Waals surface area contributed by atoms with E-state index >= 15 is 0 Å². The Bertz CT molecular complexity index is 855. The van der Waals surface area contributed by atoms with E-state index in [-0.39, 0.29) is 11.4 Å². The second kappa shape index (κ2) is 13.5. The molecule has 0 radical (unpaired) electrons. The number of carbonyl (C=O) groups excluding carboxylic acids is 1. The molecule has 1 atom stereocenters.